The maximum absolute atomic E-state index is 10.6. The molecule has 1 aromatic heterocycles. The molecule has 4 nitrogen and oxygen atoms in total. The molecule has 3 rings (SSSR count). The number of morpholine rings is 1. The fourth-order valence-corrected chi connectivity index (χ4v) is 3.02. The van der Waals surface area contributed by atoms with Crippen LogP contribution in [-0.4, -0.2) is 42.9 Å². The molecule has 4 heteroatoms. The van der Waals surface area contributed by atoms with Crippen LogP contribution in [0.1, 0.15) is 30.8 Å². The number of hydrogen-bond acceptors (Lipinski definition) is 4. The van der Waals surface area contributed by atoms with E-state index in [0.29, 0.717) is 0 Å². The third-order valence-electron chi connectivity index (χ3n) is 4.19. The van der Waals surface area contributed by atoms with Crippen LogP contribution in [-0.2, 0) is 11.2 Å². The Kier molecular flexibility index (Phi) is 4.58. The van der Waals surface area contributed by atoms with Gasteiger partial charge in [-0.25, -0.2) is 0 Å². The van der Waals surface area contributed by atoms with Crippen LogP contribution < -0.4 is 0 Å². The van der Waals surface area contributed by atoms with Crippen LogP contribution in [0.2, 0.25) is 0 Å². The van der Waals surface area contributed by atoms with Gasteiger partial charge in [0.15, 0.2) is 0 Å². The van der Waals surface area contributed by atoms with Gasteiger partial charge in [0.25, 0.3) is 0 Å². The predicted molar refractivity (Wildman–Crippen MR) is 82.4 cm³/mol. The van der Waals surface area contributed by atoms with Crippen molar-refractivity contribution in [2.45, 2.75) is 25.9 Å². The summed E-state index contributed by atoms with van der Waals surface area (Å²) in [7, 11) is 0. The summed E-state index contributed by atoms with van der Waals surface area (Å²) >= 11 is 0. The summed E-state index contributed by atoms with van der Waals surface area (Å²) in [6.07, 6.45) is 1.07. The molecule has 1 aliphatic heterocycles. The Morgan fingerprint density at radius 1 is 1.24 bits per heavy atom. The third-order valence-corrected chi connectivity index (χ3v) is 4.19. The monoisotopic (exact) mass is 289 g/mol. The van der Waals surface area contributed by atoms with Crippen molar-refractivity contribution in [1.29, 1.82) is 0 Å². The number of furan rings is 1. The van der Waals surface area contributed by atoms with Gasteiger partial charge < -0.3 is 14.3 Å². The van der Waals surface area contributed by atoms with Gasteiger partial charge in [0.05, 0.1) is 19.3 Å². The zero-order chi connectivity index (χ0) is 14.7. The normalized spacial score (nSPS) is 18.2. The van der Waals surface area contributed by atoms with Crippen LogP contribution in [0.15, 0.2) is 28.7 Å². The molecule has 1 aliphatic rings. The number of fused-ring (bicyclic) bond motifs is 1. The maximum Gasteiger partial charge on any atom is 0.134 e. The Bertz CT molecular complexity index is 587. The van der Waals surface area contributed by atoms with Gasteiger partial charge in [-0.1, -0.05) is 25.1 Å². The minimum Gasteiger partial charge on any atom is -0.461 e. The number of ether oxygens (including phenoxy) is 1. The van der Waals surface area contributed by atoms with E-state index in [1.54, 1.807) is 0 Å². The number of hydrogen-bond donors (Lipinski definition) is 1. The molecule has 0 radical (unpaired) electrons. The van der Waals surface area contributed by atoms with Crippen LogP contribution in [0, 0.1) is 0 Å². The highest BCUT2D eigenvalue weighted by molar-refractivity contribution is 5.82. The Balaban J connectivity index is 1.75. The van der Waals surface area contributed by atoms with Crippen molar-refractivity contribution >= 4 is 11.0 Å². The van der Waals surface area contributed by atoms with E-state index in [9.17, 15) is 5.11 Å². The second-order valence-corrected chi connectivity index (χ2v) is 5.55. The highest BCUT2D eigenvalue weighted by atomic mass is 16.5. The molecule has 1 unspecified atom stereocenters. The van der Waals surface area contributed by atoms with Crippen molar-refractivity contribution in [3.05, 3.63) is 35.6 Å². The number of nitrogens with zero attached hydrogens (tertiary/aromatic N) is 1. The van der Waals surface area contributed by atoms with Gasteiger partial charge in [-0.3, -0.25) is 4.90 Å². The lowest BCUT2D eigenvalue weighted by atomic mass is 10.0. The second kappa shape index (κ2) is 6.60. The average Bonchev–Trinajstić information content (AvgIpc) is 2.92. The van der Waals surface area contributed by atoms with E-state index >= 15 is 0 Å². The molecule has 2 aromatic rings. The molecule has 0 amide bonds. The Morgan fingerprint density at radius 3 is 2.76 bits per heavy atom. The minimum atomic E-state index is -0.466. The molecule has 1 atom stereocenters. The Morgan fingerprint density at radius 2 is 2.00 bits per heavy atom. The molecule has 0 bridgehead atoms. The summed E-state index contributed by atoms with van der Waals surface area (Å²) in [6, 6.07) is 7.96. The van der Waals surface area contributed by atoms with E-state index in [2.05, 4.69) is 11.8 Å². The molecule has 1 aromatic carbocycles. The Labute approximate surface area is 125 Å². The van der Waals surface area contributed by atoms with Crippen molar-refractivity contribution in [1.82, 2.24) is 4.90 Å². The topological polar surface area (TPSA) is 45.8 Å². The van der Waals surface area contributed by atoms with Crippen molar-refractivity contribution in [2.24, 2.45) is 0 Å². The van der Waals surface area contributed by atoms with Gasteiger partial charge in [0, 0.05) is 37.0 Å². The fraction of sp³-hybridized carbons (Fsp3) is 0.529. The van der Waals surface area contributed by atoms with Crippen LogP contribution in [0.25, 0.3) is 11.0 Å². The summed E-state index contributed by atoms with van der Waals surface area (Å²) in [5.41, 5.74) is 1.84. The summed E-state index contributed by atoms with van der Waals surface area (Å²) in [6.45, 7) is 6.47. The van der Waals surface area contributed by atoms with Crippen molar-refractivity contribution in [3.8, 4) is 0 Å². The second-order valence-electron chi connectivity index (χ2n) is 5.55. The largest absolute Gasteiger partial charge is 0.461 e. The van der Waals surface area contributed by atoms with Gasteiger partial charge >= 0.3 is 0 Å². The van der Waals surface area contributed by atoms with Gasteiger partial charge in [-0.2, -0.15) is 0 Å². The number of para-hydroxylation sites is 1. The minimum absolute atomic E-state index is 0.466. The summed E-state index contributed by atoms with van der Waals surface area (Å²) in [4.78, 5) is 2.35. The molecule has 0 aliphatic carbocycles. The number of aliphatic hydroxyl groups is 1. The van der Waals surface area contributed by atoms with Gasteiger partial charge in [0.2, 0.25) is 0 Å². The van der Waals surface area contributed by atoms with E-state index in [1.807, 2.05) is 24.3 Å². The molecular weight excluding hydrogens is 266 g/mol. The van der Waals surface area contributed by atoms with Crippen LogP contribution in [0.3, 0.4) is 0 Å². The molecule has 1 N–H and O–H groups in total. The molecule has 2 heterocycles. The van der Waals surface area contributed by atoms with E-state index in [0.717, 1.165) is 68.0 Å². The van der Waals surface area contributed by atoms with E-state index in [4.69, 9.17) is 9.15 Å². The molecule has 21 heavy (non-hydrogen) atoms. The molecule has 1 fully saturated rings. The molecular formula is C17H23NO3. The first-order valence-corrected chi connectivity index (χ1v) is 7.78. The van der Waals surface area contributed by atoms with Crippen LogP contribution >= 0.6 is 0 Å². The van der Waals surface area contributed by atoms with Crippen LogP contribution in [0.4, 0.5) is 0 Å². The average molecular weight is 289 g/mol. The summed E-state index contributed by atoms with van der Waals surface area (Å²) in [5, 5.41) is 11.7. The first kappa shape index (κ1) is 14.6. The van der Waals surface area contributed by atoms with Crippen molar-refractivity contribution in [2.75, 3.05) is 32.8 Å². The predicted octanol–water partition coefficient (Wildman–Crippen LogP) is 2.75. The smallest absolute Gasteiger partial charge is 0.134 e. The standard InChI is InChI=1S/C17H23NO3/c1-2-15-17(13-5-3-4-6-16(13)21-15)14(19)7-8-18-9-11-20-12-10-18/h3-6,14,19H,2,7-12H2,1H3. The third kappa shape index (κ3) is 3.12. The van der Waals surface area contributed by atoms with Gasteiger partial charge in [-0.15, -0.1) is 0 Å². The number of benzene rings is 1. The maximum atomic E-state index is 10.6. The highest BCUT2D eigenvalue weighted by Crippen LogP contribution is 2.32. The molecule has 0 spiro atoms. The molecule has 1 saturated heterocycles. The quantitative estimate of drug-likeness (QED) is 0.919. The summed E-state index contributed by atoms with van der Waals surface area (Å²) in [5.74, 6) is 0.908. The van der Waals surface area contributed by atoms with E-state index in [1.165, 1.54) is 0 Å². The highest BCUT2D eigenvalue weighted by Gasteiger charge is 2.21. The lowest BCUT2D eigenvalue weighted by molar-refractivity contribution is 0.0300. The Hall–Kier alpha value is -1.36. The van der Waals surface area contributed by atoms with Crippen molar-refractivity contribution < 1.29 is 14.3 Å². The van der Waals surface area contributed by atoms with Crippen molar-refractivity contribution in [3.63, 3.8) is 0 Å². The number of rotatable bonds is 5. The molecule has 114 valence electrons. The first-order chi connectivity index (χ1) is 10.3. The fourth-order valence-electron chi connectivity index (χ4n) is 3.02. The first-order valence-electron chi connectivity index (χ1n) is 7.78. The lowest BCUT2D eigenvalue weighted by Crippen LogP contribution is -2.37. The van der Waals surface area contributed by atoms with Gasteiger partial charge in [-0.05, 0) is 12.5 Å². The number of aryl methyl sites for hydroxylation is 1. The number of aliphatic hydroxyl groups excluding tert-OH is 1. The summed E-state index contributed by atoms with van der Waals surface area (Å²) < 4.78 is 11.2. The van der Waals surface area contributed by atoms with E-state index in [-0.39, 0.29) is 0 Å². The van der Waals surface area contributed by atoms with Crippen LogP contribution in [0.5, 0.6) is 0 Å². The zero-order valence-electron chi connectivity index (χ0n) is 12.5. The van der Waals surface area contributed by atoms with E-state index < -0.39 is 6.10 Å². The SMILES string of the molecule is CCc1oc2ccccc2c1C(O)CCN1CCOCC1. The van der Waals surface area contributed by atoms with Gasteiger partial charge in [0.1, 0.15) is 11.3 Å². The zero-order valence-corrected chi connectivity index (χ0v) is 12.5. The molecule has 0 saturated carbocycles. The lowest BCUT2D eigenvalue weighted by Gasteiger charge is -2.27.